The molecule has 0 aliphatic heterocycles. The van der Waals surface area contributed by atoms with Gasteiger partial charge in [-0.15, -0.1) is 0 Å². The number of pyridine rings is 1. The molecule has 6 heteroatoms. The summed E-state index contributed by atoms with van der Waals surface area (Å²) in [6, 6.07) is 4.76. The van der Waals surface area contributed by atoms with E-state index in [1.165, 1.54) is 10.5 Å². The van der Waals surface area contributed by atoms with Gasteiger partial charge in [0.25, 0.3) is 0 Å². The highest BCUT2D eigenvalue weighted by molar-refractivity contribution is 5.93. The number of carbonyl (C=O) groups is 1. The Balaban J connectivity index is 2.48. The van der Waals surface area contributed by atoms with Crippen LogP contribution in [0.3, 0.4) is 0 Å². The van der Waals surface area contributed by atoms with Crippen LogP contribution in [0.1, 0.15) is 22.7 Å². The van der Waals surface area contributed by atoms with E-state index < -0.39 is 5.97 Å². The van der Waals surface area contributed by atoms with Gasteiger partial charge in [-0.05, 0) is 32.1 Å². The summed E-state index contributed by atoms with van der Waals surface area (Å²) in [5.41, 5.74) is 0.396. The Morgan fingerprint density at radius 2 is 2.28 bits per heavy atom. The number of aromatic nitrogens is 2. The lowest BCUT2D eigenvalue weighted by atomic mass is 10.3. The van der Waals surface area contributed by atoms with Crippen LogP contribution in [0.4, 0.5) is 0 Å². The third kappa shape index (κ3) is 2.14. The standard InChI is InChI=1S/C12H15N3O3/c1-13-7-3-5-9-14-11(12(17)18)8-4-2-6-10(16)15(8)9/h2,4,6,13,16H,3,5,7H2,1H3,(H,17,18). The summed E-state index contributed by atoms with van der Waals surface area (Å²) < 4.78 is 1.49. The van der Waals surface area contributed by atoms with Crippen LogP contribution in [-0.2, 0) is 6.42 Å². The molecule has 6 nitrogen and oxygen atoms in total. The van der Waals surface area contributed by atoms with Crippen LogP contribution in [0.15, 0.2) is 18.2 Å². The predicted octanol–water partition coefficient (Wildman–Crippen LogP) is 0.890. The molecule has 2 aromatic rings. The molecule has 3 N–H and O–H groups in total. The number of nitrogens with one attached hydrogen (secondary N) is 1. The summed E-state index contributed by atoms with van der Waals surface area (Å²) >= 11 is 0. The number of rotatable bonds is 5. The minimum Gasteiger partial charge on any atom is -0.494 e. The SMILES string of the molecule is CNCCCc1nc(C(=O)O)c2cccc(O)n12. The lowest BCUT2D eigenvalue weighted by Crippen LogP contribution is -2.09. The second-order valence-electron chi connectivity index (χ2n) is 3.99. The van der Waals surface area contributed by atoms with Crippen molar-refractivity contribution < 1.29 is 15.0 Å². The van der Waals surface area contributed by atoms with Gasteiger partial charge in [0.1, 0.15) is 5.82 Å². The first-order valence-electron chi connectivity index (χ1n) is 5.72. The molecule has 0 fully saturated rings. The predicted molar refractivity (Wildman–Crippen MR) is 66.1 cm³/mol. The second kappa shape index (κ2) is 5.05. The molecular weight excluding hydrogens is 234 g/mol. The molecule has 0 saturated heterocycles. The third-order valence-electron chi connectivity index (χ3n) is 2.74. The second-order valence-corrected chi connectivity index (χ2v) is 3.99. The molecule has 96 valence electrons. The molecule has 0 spiro atoms. The van der Waals surface area contributed by atoms with Crippen LogP contribution >= 0.6 is 0 Å². The number of carboxylic acid groups (broad SMARTS) is 1. The Kier molecular flexibility index (Phi) is 3.47. The van der Waals surface area contributed by atoms with Crippen LogP contribution in [0, 0.1) is 0 Å². The van der Waals surface area contributed by atoms with Gasteiger partial charge in [0.2, 0.25) is 0 Å². The van der Waals surface area contributed by atoms with Gasteiger partial charge >= 0.3 is 5.97 Å². The number of imidazole rings is 1. The van der Waals surface area contributed by atoms with Crippen molar-refractivity contribution in [2.45, 2.75) is 12.8 Å². The maximum absolute atomic E-state index is 11.1. The first-order chi connectivity index (χ1) is 8.65. The van der Waals surface area contributed by atoms with Gasteiger partial charge < -0.3 is 15.5 Å². The van der Waals surface area contributed by atoms with Crippen molar-refractivity contribution in [2.75, 3.05) is 13.6 Å². The smallest absolute Gasteiger partial charge is 0.356 e. The molecule has 2 rings (SSSR count). The largest absolute Gasteiger partial charge is 0.494 e. The molecule has 0 unspecified atom stereocenters. The van der Waals surface area contributed by atoms with E-state index in [9.17, 15) is 9.90 Å². The molecule has 0 saturated carbocycles. The highest BCUT2D eigenvalue weighted by atomic mass is 16.4. The van der Waals surface area contributed by atoms with E-state index in [2.05, 4.69) is 10.3 Å². The molecular formula is C12H15N3O3. The fourth-order valence-corrected chi connectivity index (χ4v) is 1.94. The highest BCUT2D eigenvalue weighted by Crippen LogP contribution is 2.20. The molecule has 18 heavy (non-hydrogen) atoms. The average Bonchev–Trinajstić information content (AvgIpc) is 2.70. The Bertz CT molecular complexity index is 577. The zero-order valence-electron chi connectivity index (χ0n) is 10.1. The summed E-state index contributed by atoms with van der Waals surface area (Å²) in [6.45, 7) is 0.810. The lowest BCUT2D eigenvalue weighted by molar-refractivity contribution is 0.0693. The molecule has 0 radical (unpaired) electrons. The number of aromatic hydroxyl groups is 1. The first kappa shape index (κ1) is 12.4. The first-order valence-corrected chi connectivity index (χ1v) is 5.72. The van der Waals surface area contributed by atoms with Crippen LogP contribution in [0.2, 0.25) is 0 Å². The number of aromatic carboxylic acids is 1. The normalized spacial score (nSPS) is 10.9. The van der Waals surface area contributed by atoms with Gasteiger partial charge in [-0.3, -0.25) is 4.40 Å². The van der Waals surface area contributed by atoms with Crippen LogP contribution < -0.4 is 5.32 Å². The number of nitrogens with zero attached hydrogens (tertiary/aromatic N) is 2. The highest BCUT2D eigenvalue weighted by Gasteiger charge is 2.17. The van der Waals surface area contributed by atoms with E-state index in [0.717, 1.165) is 13.0 Å². The third-order valence-corrected chi connectivity index (χ3v) is 2.74. The Morgan fingerprint density at radius 3 is 2.94 bits per heavy atom. The van der Waals surface area contributed by atoms with Crippen molar-refractivity contribution in [2.24, 2.45) is 0 Å². The van der Waals surface area contributed by atoms with E-state index >= 15 is 0 Å². The molecule has 0 aromatic carbocycles. The van der Waals surface area contributed by atoms with Crippen molar-refractivity contribution in [3.63, 3.8) is 0 Å². The van der Waals surface area contributed by atoms with Crippen LogP contribution in [0.25, 0.3) is 5.52 Å². The van der Waals surface area contributed by atoms with Gasteiger partial charge in [-0.2, -0.15) is 0 Å². The zero-order valence-corrected chi connectivity index (χ0v) is 10.1. The Hall–Kier alpha value is -2.08. The monoisotopic (exact) mass is 249 g/mol. The van der Waals surface area contributed by atoms with Crippen molar-refractivity contribution >= 4 is 11.5 Å². The van der Waals surface area contributed by atoms with E-state index in [4.69, 9.17) is 5.11 Å². The van der Waals surface area contributed by atoms with Crippen LogP contribution in [-0.4, -0.2) is 39.2 Å². The number of fused-ring (bicyclic) bond motifs is 1. The van der Waals surface area contributed by atoms with E-state index in [-0.39, 0.29) is 11.6 Å². The fraction of sp³-hybridized carbons (Fsp3) is 0.333. The number of hydrogen-bond acceptors (Lipinski definition) is 4. The van der Waals surface area contributed by atoms with Crippen molar-refractivity contribution in [1.82, 2.24) is 14.7 Å². The minimum absolute atomic E-state index is 0.00644. The maximum atomic E-state index is 11.1. The van der Waals surface area contributed by atoms with Crippen molar-refractivity contribution in [3.8, 4) is 5.88 Å². The van der Waals surface area contributed by atoms with Gasteiger partial charge in [-0.1, -0.05) is 6.07 Å². The molecule has 2 aromatic heterocycles. The number of aryl methyl sites for hydroxylation is 1. The Morgan fingerprint density at radius 1 is 1.50 bits per heavy atom. The van der Waals surface area contributed by atoms with E-state index in [0.29, 0.717) is 17.8 Å². The van der Waals surface area contributed by atoms with E-state index in [1.54, 1.807) is 12.1 Å². The maximum Gasteiger partial charge on any atom is 0.356 e. The quantitative estimate of drug-likeness (QED) is 0.685. The Labute approximate surface area is 104 Å². The molecule has 0 aliphatic carbocycles. The summed E-state index contributed by atoms with van der Waals surface area (Å²) in [5.74, 6) is -0.513. The topological polar surface area (TPSA) is 86.9 Å². The summed E-state index contributed by atoms with van der Waals surface area (Å²) in [4.78, 5) is 15.2. The lowest BCUT2D eigenvalue weighted by Gasteiger charge is -2.03. The van der Waals surface area contributed by atoms with Gasteiger partial charge in [0, 0.05) is 6.42 Å². The summed E-state index contributed by atoms with van der Waals surface area (Å²) in [5, 5.41) is 21.9. The molecule has 2 heterocycles. The number of carboxylic acids is 1. The van der Waals surface area contributed by atoms with Crippen molar-refractivity contribution in [1.29, 1.82) is 0 Å². The fourth-order valence-electron chi connectivity index (χ4n) is 1.94. The molecule has 0 bridgehead atoms. The van der Waals surface area contributed by atoms with Gasteiger partial charge in [0.15, 0.2) is 11.6 Å². The summed E-state index contributed by atoms with van der Waals surface area (Å²) in [7, 11) is 1.85. The van der Waals surface area contributed by atoms with E-state index in [1.807, 2.05) is 7.05 Å². The molecule has 0 atom stereocenters. The average molecular weight is 249 g/mol. The van der Waals surface area contributed by atoms with Crippen molar-refractivity contribution in [3.05, 3.63) is 29.7 Å². The zero-order chi connectivity index (χ0) is 13.1. The van der Waals surface area contributed by atoms with Gasteiger partial charge in [0.05, 0.1) is 5.52 Å². The number of hydrogen-bond donors (Lipinski definition) is 3. The van der Waals surface area contributed by atoms with Gasteiger partial charge in [-0.25, -0.2) is 9.78 Å². The van der Waals surface area contributed by atoms with Crippen LogP contribution in [0.5, 0.6) is 5.88 Å². The molecule has 0 aliphatic rings. The molecule has 0 amide bonds. The summed E-state index contributed by atoms with van der Waals surface area (Å²) in [6.07, 6.45) is 1.43. The minimum atomic E-state index is -1.09.